The summed E-state index contributed by atoms with van der Waals surface area (Å²) in [6.07, 6.45) is 3.73. The molecule has 4 heteroatoms. The lowest BCUT2D eigenvalue weighted by Crippen LogP contribution is -2.03. The maximum absolute atomic E-state index is 5.73. The minimum absolute atomic E-state index is 0.759. The number of nitrogen functional groups attached to an aromatic ring is 1. The number of aromatic amines is 1. The van der Waals surface area contributed by atoms with Gasteiger partial charge in [0.25, 0.3) is 0 Å². The van der Waals surface area contributed by atoms with E-state index in [0.29, 0.717) is 0 Å². The van der Waals surface area contributed by atoms with Crippen molar-refractivity contribution in [3.63, 3.8) is 0 Å². The number of rotatable bonds is 6. The van der Waals surface area contributed by atoms with Gasteiger partial charge < -0.3 is 16.0 Å². The largest absolute Gasteiger partial charge is 0.399 e. The van der Waals surface area contributed by atoms with E-state index in [2.05, 4.69) is 29.1 Å². The van der Waals surface area contributed by atoms with Crippen LogP contribution in [0.5, 0.6) is 0 Å². The van der Waals surface area contributed by atoms with Gasteiger partial charge in [0.15, 0.2) is 0 Å². The number of benzene rings is 1. The Bertz CT molecular complexity index is 501. The number of unbranched alkanes of at least 4 members (excludes halogenated alkanes) is 1. The molecule has 4 nitrogen and oxygen atoms in total. The smallest absolute Gasteiger partial charge is 0.201 e. The van der Waals surface area contributed by atoms with E-state index in [1.807, 2.05) is 18.2 Å². The van der Waals surface area contributed by atoms with E-state index in [4.69, 9.17) is 5.73 Å². The third-order valence-electron chi connectivity index (χ3n) is 3.01. The molecule has 2 aromatic rings. The van der Waals surface area contributed by atoms with Crippen LogP contribution in [0.15, 0.2) is 18.2 Å². The molecule has 4 N–H and O–H groups in total. The standard InChI is InChI=1S/C14H22N4/c1-10(2)5-3-4-8-16-14-17-12-7-6-11(15)9-13(12)18-14/h6-7,9-10H,3-5,8,15H2,1-2H3,(H2,16,17,18). The van der Waals surface area contributed by atoms with Gasteiger partial charge in [0.05, 0.1) is 11.0 Å². The molecule has 0 saturated heterocycles. The van der Waals surface area contributed by atoms with Crippen molar-refractivity contribution in [2.24, 2.45) is 5.92 Å². The fourth-order valence-corrected chi connectivity index (χ4v) is 2.00. The van der Waals surface area contributed by atoms with E-state index in [1.54, 1.807) is 0 Å². The summed E-state index contributed by atoms with van der Waals surface area (Å²) in [5.41, 5.74) is 8.43. The molecule has 0 aliphatic heterocycles. The Hall–Kier alpha value is -1.71. The molecule has 0 radical (unpaired) electrons. The van der Waals surface area contributed by atoms with E-state index in [9.17, 15) is 0 Å². The Labute approximate surface area is 108 Å². The molecule has 1 aromatic carbocycles. The zero-order valence-electron chi connectivity index (χ0n) is 11.2. The van der Waals surface area contributed by atoms with Crippen LogP contribution in [0.1, 0.15) is 33.1 Å². The molecular weight excluding hydrogens is 224 g/mol. The van der Waals surface area contributed by atoms with Gasteiger partial charge >= 0.3 is 0 Å². The van der Waals surface area contributed by atoms with E-state index >= 15 is 0 Å². The summed E-state index contributed by atoms with van der Waals surface area (Å²) in [5.74, 6) is 1.62. The maximum atomic E-state index is 5.73. The topological polar surface area (TPSA) is 66.7 Å². The number of H-pyrrole nitrogens is 1. The third-order valence-corrected chi connectivity index (χ3v) is 3.01. The van der Waals surface area contributed by atoms with Gasteiger partial charge in [0, 0.05) is 12.2 Å². The normalized spacial score (nSPS) is 11.3. The number of nitrogens with two attached hydrogens (primary N) is 1. The number of aromatic nitrogens is 2. The van der Waals surface area contributed by atoms with Crippen LogP contribution in [0.25, 0.3) is 11.0 Å². The van der Waals surface area contributed by atoms with Gasteiger partial charge in [-0.2, -0.15) is 0 Å². The van der Waals surface area contributed by atoms with Crippen LogP contribution in [0, 0.1) is 5.92 Å². The average molecular weight is 246 g/mol. The summed E-state index contributed by atoms with van der Waals surface area (Å²) in [4.78, 5) is 7.70. The van der Waals surface area contributed by atoms with Gasteiger partial charge in [-0.25, -0.2) is 4.98 Å². The van der Waals surface area contributed by atoms with Gasteiger partial charge in [-0.15, -0.1) is 0 Å². The van der Waals surface area contributed by atoms with E-state index in [-0.39, 0.29) is 0 Å². The summed E-state index contributed by atoms with van der Waals surface area (Å²) in [7, 11) is 0. The third kappa shape index (κ3) is 3.39. The highest BCUT2D eigenvalue weighted by molar-refractivity contribution is 5.80. The van der Waals surface area contributed by atoms with Crippen molar-refractivity contribution < 1.29 is 0 Å². The Morgan fingerprint density at radius 3 is 2.94 bits per heavy atom. The second-order valence-corrected chi connectivity index (χ2v) is 5.18. The predicted molar refractivity (Wildman–Crippen MR) is 77.7 cm³/mol. The molecule has 0 saturated carbocycles. The van der Waals surface area contributed by atoms with E-state index < -0.39 is 0 Å². The maximum Gasteiger partial charge on any atom is 0.201 e. The molecule has 1 aromatic heterocycles. The predicted octanol–water partition coefficient (Wildman–Crippen LogP) is 3.38. The second-order valence-electron chi connectivity index (χ2n) is 5.18. The lowest BCUT2D eigenvalue weighted by molar-refractivity contribution is 0.544. The Kier molecular flexibility index (Phi) is 4.07. The number of nitrogens with one attached hydrogen (secondary N) is 2. The van der Waals surface area contributed by atoms with Crippen molar-refractivity contribution >= 4 is 22.7 Å². The molecule has 0 amide bonds. The van der Waals surface area contributed by atoms with Gasteiger partial charge in [0.2, 0.25) is 5.95 Å². The Morgan fingerprint density at radius 2 is 2.17 bits per heavy atom. The van der Waals surface area contributed by atoms with Crippen LogP contribution >= 0.6 is 0 Å². The van der Waals surface area contributed by atoms with Crippen LogP contribution < -0.4 is 11.1 Å². The molecular formula is C14H22N4. The summed E-state index contributed by atoms with van der Waals surface area (Å²) >= 11 is 0. The average Bonchev–Trinajstić information content (AvgIpc) is 2.70. The first-order chi connectivity index (χ1) is 8.65. The van der Waals surface area contributed by atoms with Gasteiger partial charge in [-0.05, 0) is 30.5 Å². The van der Waals surface area contributed by atoms with Crippen LogP contribution in [0.4, 0.5) is 11.6 Å². The molecule has 0 unspecified atom stereocenters. The number of imidazole rings is 1. The van der Waals surface area contributed by atoms with Crippen molar-refractivity contribution in [3.05, 3.63) is 18.2 Å². The quantitative estimate of drug-likeness (QED) is 0.540. The zero-order chi connectivity index (χ0) is 13.0. The number of hydrogen-bond donors (Lipinski definition) is 3. The number of nitrogens with zero attached hydrogens (tertiary/aromatic N) is 1. The first kappa shape index (κ1) is 12.7. The van der Waals surface area contributed by atoms with Gasteiger partial charge in [0.1, 0.15) is 0 Å². The second kappa shape index (κ2) is 5.76. The molecule has 1 heterocycles. The first-order valence-corrected chi connectivity index (χ1v) is 6.64. The molecule has 0 spiro atoms. The van der Waals surface area contributed by atoms with Gasteiger partial charge in [-0.3, -0.25) is 0 Å². The van der Waals surface area contributed by atoms with Crippen molar-refractivity contribution in [1.82, 2.24) is 9.97 Å². The van der Waals surface area contributed by atoms with Crippen LogP contribution in [-0.4, -0.2) is 16.5 Å². The highest BCUT2D eigenvalue weighted by atomic mass is 15.1. The highest BCUT2D eigenvalue weighted by Crippen LogP contribution is 2.17. The molecule has 98 valence electrons. The van der Waals surface area contributed by atoms with Gasteiger partial charge in [-0.1, -0.05) is 26.7 Å². The lowest BCUT2D eigenvalue weighted by Gasteiger charge is -2.04. The van der Waals surface area contributed by atoms with E-state index in [0.717, 1.165) is 35.1 Å². The number of anilines is 2. The molecule has 0 atom stereocenters. The minimum Gasteiger partial charge on any atom is -0.399 e. The highest BCUT2D eigenvalue weighted by Gasteiger charge is 2.02. The molecule has 0 fully saturated rings. The SMILES string of the molecule is CC(C)CCCCNc1nc2ccc(N)cc2[nH]1. The van der Waals surface area contributed by atoms with Crippen LogP contribution in [0.3, 0.4) is 0 Å². The zero-order valence-corrected chi connectivity index (χ0v) is 11.2. The summed E-state index contributed by atoms with van der Waals surface area (Å²) in [6, 6.07) is 5.72. The summed E-state index contributed by atoms with van der Waals surface area (Å²) < 4.78 is 0. The van der Waals surface area contributed by atoms with Crippen LogP contribution in [0.2, 0.25) is 0 Å². The molecule has 0 aliphatic rings. The molecule has 0 aliphatic carbocycles. The van der Waals surface area contributed by atoms with Crippen molar-refractivity contribution in [1.29, 1.82) is 0 Å². The lowest BCUT2D eigenvalue weighted by atomic mass is 10.1. The van der Waals surface area contributed by atoms with Crippen LogP contribution in [-0.2, 0) is 0 Å². The minimum atomic E-state index is 0.759. The number of hydrogen-bond acceptors (Lipinski definition) is 3. The van der Waals surface area contributed by atoms with Crippen molar-refractivity contribution in [3.8, 4) is 0 Å². The molecule has 0 bridgehead atoms. The van der Waals surface area contributed by atoms with Crippen molar-refractivity contribution in [2.75, 3.05) is 17.6 Å². The Morgan fingerprint density at radius 1 is 1.33 bits per heavy atom. The summed E-state index contributed by atoms with van der Waals surface area (Å²) in [6.45, 7) is 5.48. The van der Waals surface area contributed by atoms with E-state index in [1.165, 1.54) is 19.3 Å². The molecule has 2 rings (SSSR count). The monoisotopic (exact) mass is 246 g/mol. The van der Waals surface area contributed by atoms with Crippen molar-refractivity contribution in [2.45, 2.75) is 33.1 Å². The first-order valence-electron chi connectivity index (χ1n) is 6.64. The summed E-state index contributed by atoms with van der Waals surface area (Å²) in [5, 5.41) is 3.32. The fraction of sp³-hybridized carbons (Fsp3) is 0.500. The number of fused-ring (bicyclic) bond motifs is 1. The Balaban J connectivity index is 1.84. The fourth-order valence-electron chi connectivity index (χ4n) is 2.00. The molecule has 18 heavy (non-hydrogen) atoms.